The first-order chi connectivity index (χ1) is 9.75. The molecule has 0 bridgehead atoms. The average molecular weight is 266 g/mol. The minimum absolute atomic E-state index is 0.101. The summed E-state index contributed by atoms with van der Waals surface area (Å²) in [5.74, 6) is 0.862. The predicted molar refractivity (Wildman–Crippen MR) is 75.2 cm³/mol. The number of carbonyl (C=O) groups excluding carboxylic acids is 1. The van der Waals surface area contributed by atoms with Gasteiger partial charge >= 0.3 is 0 Å². The van der Waals surface area contributed by atoms with Gasteiger partial charge in [-0.25, -0.2) is 4.39 Å². The Kier molecular flexibility index (Phi) is 2.53. The van der Waals surface area contributed by atoms with Gasteiger partial charge in [0.1, 0.15) is 5.82 Å². The van der Waals surface area contributed by atoms with Gasteiger partial charge in [0.15, 0.2) is 5.78 Å². The van der Waals surface area contributed by atoms with Crippen molar-refractivity contribution in [2.45, 2.75) is 18.8 Å². The van der Waals surface area contributed by atoms with Gasteiger partial charge < -0.3 is 0 Å². The van der Waals surface area contributed by atoms with Gasteiger partial charge in [-0.1, -0.05) is 24.3 Å². The van der Waals surface area contributed by atoms with E-state index in [0.717, 1.165) is 12.8 Å². The second kappa shape index (κ2) is 4.27. The quantitative estimate of drug-likeness (QED) is 0.751. The van der Waals surface area contributed by atoms with Crippen LogP contribution in [0.1, 0.15) is 33.8 Å². The van der Waals surface area contributed by atoms with Crippen LogP contribution >= 0.6 is 0 Å². The molecule has 100 valence electrons. The molecule has 0 saturated heterocycles. The molecule has 0 aliphatic heterocycles. The molecule has 1 saturated carbocycles. The van der Waals surface area contributed by atoms with Crippen LogP contribution in [0.3, 0.4) is 0 Å². The lowest BCUT2D eigenvalue weighted by Gasteiger charge is -2.13. The number of hydrogen-bond acceptors (Lipinski definition) is 1. The second-order valence-corrected chi connectivity index (χ2v) is 5.82. The van der Waals surface area contributed by atoms with E-state index in [-0.39, 0.29) is 17.5 Å². The van der Waals surface area contributed by atoms with Crippen LogP contribution in [-0.4, -0.2) is 5.78 Å². The van der Waals surface area contributed by atoms with Gasteiger partial charge in [-0.15, -0.1) is 0 Å². The normalized spacial score (nSPS) is 26.6. The van der Waals surface area contributed by atoms with E-state index in [0.29, 0.717) is 17.4 Å². The van der Waals surface area contributed by atoms with Crippen LogP contribution in [0.4, 0.5) is 4.39 Å². The zero-order valence-electron chi connectivity index (χ0n) is 11.1. The maximum atomic E-state index is 12.9. The molecule has 0 heterocycles. The molecule has 0 aromatic heterocycles. The fourth-order valence-corrected chi connectivity index (χ4v) is 3.73. The molecule has 0 N–H and O–H groups in total. The second-order valence-electron chi connectivity index (χ2n) is 5.82. The monoisotopic (exact) mass is 266 g/mol. The van der Waals surface area contributed by atoms with Gasteiger partial charge in [0.2, 0.25) is 0 Å². The van der Waals surface area contributed by atoms with Gasteiger partial charge in [0.25, 0.3) is 0 Å². The first-order valence-electron chi connectivity index (χ1n) is 7.13. The van der Waals surface area contributed by atoms with Gasteiger partial charge in [0, 0.05) is 11.5 Å². The maximum Gasteiger partial charge on any atom is 0.166 e. The van der Waals surface area contributed by atoms with Crippen LogP contribution in [0.5, 0.6) is 0 Å². The summed E-state index contributed by atoms with van der Waals surface area (Å²) in [4.78, 5) is 12.6. The summed E-state index contributed by atoms with van der Waals surface area (Å²) < 4.78 is 12.9. The third-order valence-electron chi connectivity index (χ3n) is 4.76. The van der Waals surface area contributed by atoms with Crippen LogP contribution in [0.15, 0.2) is 48.5 Å². The highest BCUT2D eigenvalue weighted by molar-refractivity contribution is 6.00. The number of ketones is 1. The summed E-state index contributed by atoms with van der Waals surface area (Å²) in [7, 11) is 0. The first-order valence-corrected chi connectivity index (χ1v) is 7.13. The third-order valence-corrected chi connectivity index (χ3v) is 4.76. The smallest absolute Gasteiger partial charge is 0.166 e. The number of benzene rings is 2. The lowest BCUT2D eigenvalue weighted by atomic mass is 9.92. The summed E-state index contributed by atoms with van der Waals surface area (Å²) in [5.41, 5.74) is 3.38. The summed E-state index contributed by atoms with van der Waals surface area (Å²) >= 11 is 0. The van der Waals surface area contributed by atoms with Crippen molar-refractivity contribution in [3.63, 3.8) is 0 Å². The van der Waals surface area contributed by atoms with Crippen LogP contribution in [0.2, 0.25) is 0 Å². The Morgan fingerprint density at radius 3 is 2.60 bits per heavy atom. The minimum atomic E-state index is -0.292. The third kappa shape index (κ3) is 1.71. The van der Waals surface area contributed by atoms with Gasteiger partial charge in [0.05, 0.1) is 0 Å². The maximum absolute atomic E-state index is 12.9. The van der Waals surface area contributed by atoms with Crippen molar-refractivity contribution in [1.82, 2.24) is 0 Å². The fraction of sp³-hybridized carbons (Fsp3) is 0.278. The van der Waals surface area contributed by atoms with Crippen molar-refractivity contribution in [3.05, 3.63) is 71.0 Å². The van der Waals surface area contributed by atoms with Crippen LogP contribution in [-0.2, 0) is 6.42 Å². The molecular weight excluding hydrogens is 251 g/mol. The number of carbonyl (C=O) groups is 1. The number of hydrogen-bond donors (Lipinski definition) is 0. The van der Waals surface area contributed by atoms with Gasteiger partial charge in [-0.3, -0.25) is 4.79 Å². The van der Waals surface area contributed by atoms with Crippen LogP contribution in [0, 0.1) is 17.7 Å². The minimum Gasteiger partial charge on any atom is -0.294 e. The highest BCUT2D eigenvalue weighted by atomic mass is 19.1. The summed E-state index contributed by atoms with van der Waals surface area (Å²) in [6, 6.07) is 14.4. The lowest BCUT2D eigenvalue weighted by Crippen LogP contribution is -2.04. The molecule has 2 aromatic rings. The number of halogens is 1. The number of Topliss-reactive ketones (excluding diaryl/α,β-unsaturated/α-hetero) is 1. The van der Waals surface area contributed by atoms with E-state index in [2.05, 4.69) is 24.3 Å². The highest BCUT2D eigenvalue weighted by Gasteiger charge is 2.56. The molecule has 2 heteroatoms. The number of aryl methyl sites for hydroxylation is 1. The molecule has 1 nitrogen and oxygen atoms in total. The summed E-state index contributed by atoms with van der Waals surface area (Å²) in [6.45, 7) is 0. The summed E-state index contributed by atoms with van der Waals surface area (Å²) in [6.07, 6.45) is 2.17. The lowest BCUT2D eigenvalue weighted by molar-refractivity contribution is 0.0959. The van der Waals surface area contributed by atoms with Crippen molar-refractivity contribution in [2.75, 3.05) is 0 Å². The van der Waals surface area contributed by atoms with Gasteiger partial charge in [-0.2, -0.15) is 0 Å². The average Bonchev–Trinajstić information content (AvgIpc) is 3.22. The number of rotatable bonds is 2. The zero-order valence-corrected chi connectivity index (χ0v) is 11.1. The summed E-state index contributed by atoms with van der Waals surface area (Å²) in [5, 5.41) is 0. The Balaban J connectivity index is 1.64. The van der Waals surface area contributed by atoms with E-state index < -0.39 is 0 Å². The molecule has 1 fully saturated rings. The molecule has 2 aromatic carbocycles. The molecular formula is C18H15FO. The fourth-order valence-electron chi connectivity index (χ4n) is 3.73. The largest absolute Gasteiger partial charge is 0.294 e. The first kappa shape index (κ1) is 11.8. The van der Waals surface area contributed by atoms with E-state index in [1.165, 1.54) is 23.3 Å². The van der Waals surface area contributed by atoms with Crippen molar-refractivity contribution < 1.29 is 9.18 Å². The molecule has 4 rings (SSSR count). The van der Waals surface area contributed by atoms with Gasteiger partial charge in [-0.05, 0) is 60.1 Å². The van der Waals surface area contributed by atoms with Crippen molar-refractivity contribution in [1.29, 1.82) is 0 Å². The highest BCUT2D eigenvalue weighted by Crippen LogP contribution is 2.60. The Bertz CT molecular complexity index is 674. The number of fused-ring (bicyclic) bond motifs is 3. The zero-order chi connectivity index (χ0) is 13.7. The topological polar surface area (TPSA) is 17.1 Å². The predicted octanol–water partition coefficient (Wildman–Crippen LogP) is 3.98. The molecule has 20 heavy (non-hydrogen) atoms. The Labute approximate surface area is 117 Å². The standard InChI is InChI=1S/C18H15FO/c19-13-8-5-12(6-9-13)18(20)17-15-10-7-11-3-1-2-4-14(11)16(15)17/h1-6,8-9,15-17H,7,10H2. The van der Waals surface area contributed by atoms with Crippen molar-refractivity contribution in [2.24, 2.45) is 11.8 Å². The SMILES string of the molecule is O=C(c1ccc(F)cc1)C1C2CCc3ccccc3C21. The molecule has 3 atom stereocenters. The van der Waals surface area contributed by atoms with E-state index in [1.807, 2.05) is 0 Å². The van der Waals surface area contributed by atoms with Crippen molar-refractivity contribution in [3.8, 4) is 0 Å². The van der Waals surface area contributed by atoms with E-state index in [1.54, 1.807) is 12.1 Å². The Morgan fingerprint density at radius 2 is 1.80 bits per heavy atom. The molecule has 0 spiro atoms. The van der Waals surface area contributed by atoms with Crippen molar-refractivity contribution >= 4 is 5.78 Å². The molecule has 2 aliphatic carbocycles. The van der Waals surface area contributed by atoms with Crippen LogP contribution < -0.4 is 0 Å². The molecule has 0 radical (unpaired) electrons. The molecule has 0 amide bonds. The van der Waals surface area contributed by atoms with Crippen LogP contribution in [0.25, 0.3) is 0 Å². The van der Waals surface area contributed by atoms with E-state index >= 15 is 0 Å². The molecule has 2 aliphatic rings. The molecule has 3 unspecified atom stereocenters. The van der Waals surface area contributed by atoms with E-state index in [4.69, 9.17) is 0 Å². The Morgan fingerprint density at radius 1 is 1.05 bits per heavy atom. The Hall–Kier alpha value is -1.96. The van der Waals surface area contributed by atoms with E-state index in [9.17, 15) is 9.18 Å².